The molecule has 0 aromatic heterocycles. The van der Waals surface area contributed by atoms with Crippen LogP contribution in [0.15, 0.2) is 18.2 Å². The highest BCUT2D eigenvalue weighted by Crippen LogP contribution is 2.28. The highest BCUT2D eigenvalue weighted by Gasteiger charge is 2.28. The number of nitrogens with one attached hydrogen (secondary N) is 1. The number of Topliss-reactive ketones (excluding diaryl/α,β-unsaturated/α-hetero) is 1. The lowest BCUT2D eigenvalue weighted by molar-refractivity contribution is -0.114. The fourth-order valence-electron chi connectivity index (χ4n) is 1.74. The van der Waals surface area contributed by atoms with Crippen LogP contribution in [-0.2, 0) is 11.2 Å². The summed E-state index contributed by atoms with van der Waals surface area (Å²) in [7, 11) is 0. The van der Waals surface area contributed by atoms with E-state index in [1.807, 2.05) is 6.07 Å². The molecule has 1 aromatic carbocycles. The van der Waals surface area contributed by atoms with Crippen molar-refractivity contribution in [3.8, 4) is 0 Å². The molecule has 1 aliphatic carbocycles. The predicted octanol–water partition coefficient (Wildman–Crippen LogP) is 2.15. The molecule has 0 bridgehead atoms. The molecule has 1 N–H and O–H groups in total. The number of carbonyl (C=O) groups is 2. The van der Waals surface area contributed by atoms with E-state index in [1.54, 1.807) is 12.1 Å². The fourth-order valence-corrected chi connectivity index (χ4v) is 2.33. The summed E-state index contributed by atoms with van der Waals surface area (Å²) in [6, 6.07) is 5.38. The van der Waals surface area contributed by atoms with Crippen molar-refractivity contribution in [2.75, 3.05) is 5.32 Å². The van der Waals surface area contributed by atoms with E-state index in [4.69, 9.17) is 0 Å². The Morgan fingerprint density at radius 3 is 2.93 bits per heavy atom. The van der Waals surface area contributed by atoms with Crippen molar-refractivity contribution in [2.45, 2.75) is 18.2 Å². The predicted molar refractivity (Wildman–Crippen MR) is 61.5 cm³/mol. The summed E-state index contributed by atoms with van der Waals surface area (Å²) in [4.78, 5) is 22.3. The molecule has 78 valence electrons. The van der Waals surface area contributed by atoms with Crippen LogP contribution in [0.1, 0.15) is 22.8 Å². The molecule has 1 unspecified atom stereocenters. The highest BCUT2D eigenvalue weighted by atomic mass is 79.9. The summed E-state index contributed by atoms with van der Waals surface area (Å²) >= 11 is 3.32. The summed E-state index contributed by atoms with van der Waals surface area (Å²) in [6.45, 7) is 1.46. The minimum Gasteiger partial charge on any atom is -0.326 e. The minimum absolute atomic E-state index is 0.102. The van der Waals surface area contributed by atoms with Gasteiger partial charge in [0.25, 0.3) is 0 Å². The normalized spacial score (nSPS) is 18.8. The number of anilines is 1. The van der Waals surface area contributed by atoms with E-state index in [0.717, 1.165) is 16.8 Å². The lowest BCUT2D eigenvalue weighted by atomic mass is 10.1. The van der Waals surface area contributed by atoms with Crippen molar-refractivity contribution in [1.82, 2.24) is 0 Å². The second kappa shape index (κ2) is 3.77. The van der Waals surface area contributed by atoms with Gasteiger partial charge in [-0.15, -0.1) is 0 Å². The van der Waals surface area contributed by atoms with Gasteiger partial charge < -0.3 is 5.32 Å². The van der Waals surface area contributed by atoms with Gasteiger partial charge in [-0.1, -0.05) is 15.9 Å². The maximum atomic E-state index is 11.6. The van der Waals surface area contributed by atoms with E-state index in [9.17, 15) is 9.59 Å². The lowest BCUT2D eigenvalue weighted by Gasteiger charge is -2.03. The van der Waals surface area contributed by atoms with E-state index in [2.05, 4.69) is 21.2 Å². The summed E-state index contributed by atoms with van der Waals surface area (Å²) in [5, 5.41) is 2.70. The van der Waals surface area contributed by atoms with Gasteiger partial charge in [0.1, 0.15) is 0 Å². The second-order valence-corrected chi connectivity index (χ2v) is 4.69. The quantitative estimate of drug-likeness (QED) is 0.793. The number of benzene rings is 1. The Morgan fingerprint density at radius 2 is 2.27 bits per heavy atom. The SMILES string of the molecule is CC(=O)Nc1ccc2c(c1)CC(Br)C2=O. The van der Waals surface area contributed by atoms with Crippen molar-refractivity contribution in [3.05, 3.63) is 29.3 Å². The van der Waals surface area contributed by atoms with Crippen LogP contribution >= 0.6 is 15.9 Å². The van der Waals surface area contributed by atoms with Crippen LogP contribution in [0.25, 0.3) is 0 Å². The zero-order valence-electron chi connectivity index (χ0n) is 8.21. The van der Waals surface area contributed by atoms with Crippen molar-refractivity contribution in [1.29, 1.82) is 0 Å². The average molecular weight is 268 g/mol. The first-order valence-corrected chi connectivity index (χ1v) is 5.58. The lowest BCUT2D eigenvalue weighted by Crippen LogP contribution is -2.06. The van der Waals surface area contributed by atoms with Gasteiger partial charge in [-0.3, -0.25) is 9.59 Å². The molecule has 0 aliphatic heterocycles. The number of carbonyl (C=O) groups excluding carboxylic acids is 2. The first-order valence-electron chi connectivity index (χ1n) is 4.66. The van der Waals surface area contributed by atoms with Crippen LogP contribution in [0.4, 0.5) is 5.69 Å². The van der Waals surface area contributed by atoms with Gasteiger partial charge in [0.05, 0.1) is 4.83 Å². The summed E-state index contributed by atoms with van der Waals surface area (Å²) in [6.07, 6.45) is 0.696. The van der Waals surface area contributed by atoms with Gasteiger partial charge in [-0.05, 0) is 30.2 Å². The monoisotopic (exact) mass is 267 g/mol. The molecular weight excluding hydrogens is 258 g/mol. The second-order valence-electron chi connectivity index (χ2n) is 3.59. The molecule has 0 heterocycles. The van der Waals surface area contributed by atoms with E-state index >= 15 is 0 Å². The maximum absolute atomic E-state index is 11.6. The Labute approximate surface area is 96.0 Å². The zero-order chi connectivity index (χ0) is 11.0. The van der Waals surface area contributed by atoms with Crippen molar-refractivity contribution < 1.29 is 9.59 Å². The van der Waals surface area contributed by atoms with Gasteiger partial charge in [0.2, 0.25) is 5.91 Å². The van der Waals surface area contributed by atoms with Crippen molar-refractivity contribution in [2.24, 2.45) is 0 Å². The Kier molecular flexibility index (Phi) is 2.61. The summed E-state index contributed by atoms with van der Waals surface area (Å²) < 4.78 is 0. The first-order chi connectivity index (χ1) is 7.08. The van der Waals surface area contributed by atoms with Crippen LogP contribution in [0, 0.1) is 0 Å². The molecule has 15 heavy (non-hydrogen) atoms. The van der Waals surface area contributed by atoms with Crippen LogP contribution < -0.4 is 5.32 Å². The molecule has 1 amide bonds. The average Bonchev–Trinajstić information content (AvgIpc) is 2.41. The maximum Gasteiger partial charge on any atom is 0.221 e. The largest absolute Gasteiger partial charge is 0.326 e. The van der Waals surface area contributed by atoms with Crippen LogP contribution in [0.3, 0.4) is 0 Å². The molecule has 1 aromatic rings. The van der Waals surface area contributed by atoms with Gasteiger partial charge in [-0.2, -0.15) is 0 Å². The Hall–Kier alpha value is -1.16. The van der Waals surface area contributed by atoms with Gasteiger partial charge in [0, 0.05) is 18.2 Å². The fraction of sp³-hybridized carbons (Fsp3) is 0.273. The van der Waals surface area contributed by atoms with Gasteiger partial charge >= 0.3 is 0 Å². The molecule has 1 atom stereocenters. The van der Waals surface area contributed by atoms with Crippen LogP contribution in [0.5, 0.6) is 0 Å². The standard InChI is InChI=1S/C11H10BrNO2/c1-6(14)13-8-2-3-9-7(4-8)5-10(12)11(9)15/h2-4,10H,5H2,1H3,(H,13,14). The number of rotatable bonds is 1. The number of alkyl halides is 1. The number of amides is 1. The molecule has 0 saturated heterocycles. The number of hydrogen-bond acceptors (Lipinski definition) is 2. The third kappa shape index (κ3) is 1.95. The zero-order valence-corrected chi connectivity index (χ0v) is 9.80. The molecule has 1 aliphatic rings. The number of ketones is 1. The third-order valence-corrected chi connectivity index (χ3v) is 3.11. The van der Waals surface area contributed by atoms with Crippen LogP contribution in [-0.4, -0.2) is 16.5 Å². The van der Waals surface area contributed by atoms with E-state index < -0.39 is 0 Å². The molecule has 4 heteroatoms. The van der Waals surface area contributed by atoms with Crippen LogP contribution in [0.2, 0.25) is 0 Å². The molecule has 3 nitrogen and oxygen atoms in total. The molecule has 2 rings (SSSR count). The molecule has 0 radical (unpaired) electrons. The molecule has 0 fully saturated rings. The first kappa shape index (κ1) is 10.4. The van der Waals surface area contributed by atoms with Crippen molar-refractivity contribution >= 4 is 33.3 Å². The van der Waals surface area contributed by atoms with E-state index in [1.165, 1.54) is 6.92 Å². The van der Waals surface area contributed by atoms with E-state index in [-0.39, 0.29) is 16.5 Å². The van der Waals surface area contributed by atoms with Gasteiger partial charge in [0.15, 0.2) is 5.78 Å². The molecule has 0 spiro atoms. The van der Waals surface area contributed by atoms with Gasteiger partial charge in [-0.25, -0.2) is 0 Å². The Morgan fingerprint density at radius 1 is 1.53 bits per heavy atom. The summed E-state index contributed by atoms with van der Waals surface area (Å²) in [5.41, 5.74) is 2.50. The number of halogens is 1. The molecular formula is C11H10BrNO2. The smallest absolute Gasteiger partial charge is 0.221 e. The summed E-state index contributed by atoms with van der Waals surface area (Å²) in [5.74, 6) is 0.0223. The number of hydrogen-bond donors (Lipinski definition) is 1. The van der Waals surface area contributed by atoms with Crippen molar-refractivity contribution in [3.63, 3.8) is 0 Å². The molecule has 0 saturated carbocycles. The Bertz CT molecular complexity index is 442. The third-order valence-electron chi connectivity index (χ3n) is 2.37. The highest BCUT2D eigenvalue weighted by molar-refractivity contribution is 9.10. The van der Waals surface area contributed by atoms with E-state index in [0.29, 0.717) is 6.42 Å². The topological polar surface area (TPSA) is 46.2 Å². The Balaban J connectivity index is 2.33. The minimum atomic E-state index is -0.111. The number of fused-ring (bicyclic) bond motifs is 1.